The summed E-state index contributed by atoms with van der Waals surface area (Å²) in [4.78, 5) is 62.3. The summed E-state index contributed by atoms with van der Waals surface area (Å²) in [5.41, 5.74) is 0.498. The molecule has 39 heavy (non-hydrogen) atoms. The van der Waals surface area contributed by atoms with Crippen molar-refractivity contribution >= 4 is 29.7 Å². The maximum absolute atomic E-state index is 13.1. The van der Waals surface area contributed by atoms with Crippen LogP contribution in [0.15, 0.2) is 18.2 Å². The lowest BCUT2D eigenvalue weighted by Gasteiger charge is -2.27. The maximum atomic E-state index is 13.1. The minimum atomic E-state index is -0.982. The summed E-state index contributed by atoms with van der Waals surface area (Å²) >= 11 is 0. The van der Waals surface area contributed by atoms with Crippen molar-refractivity contribution in [3.63, 3.8) is 0 Å². The summed E-state index contributed by atoms with van der Waals surface area (Å²) < 4.78 is 5.21. The highest BCUT2D eigenvalue weighted by Crippen LogP contribution is 2.29. The van der Waals surface area contributed by atoms with Crippen LogP contribution in [0.25, 0.3) is 0 Å². The zero-order valence-electron chi connectivity index (χ0n) is 23.2. The zero-order valence-corrected chi connectivity index (χ0v) is 23.2. The van der Waals surface area contributed by atoms with Crippen molar-refractivity contribution < 1.29 is 28.7 Å². The summed E-state index contributed by atoms with van der Waals surface area (Å²) in [5.74, 6) is 4.09. The molecule has 0 spiro atoms. The van der Waals surface area contributed by atoms with E-state index in [0.29, 0.717) is 18.5 Å². The number of alkyl carbamates (subject to hydrolysis) is 1. The quantitative estimate of drug-likeness (QED) is 0.244. The van der Waals surface area contributed by atoms with Gasteiger partial charge in [0.25, 0.3) is 11.8 Å². The Morgan fingerprint density at radius 3 is 2.33 bits per heavy atom. The highest BCUT2D eigenvalue weighted by molar-refractivity contribution is 6.24. The average molecular weight is 538 g/mol. The van der Waals surface area contributed by atoms with E-state index in [-0.39, 0.29) is 30.1 Å². The highest BCUT2D eigenvalue weighted by atomic mass is 16.6. The van der Waals surface area contributed by atoms with Crippen molar-refractivity contribution in [1.29, 1.82) is 0 Å². The molecule has 1 saturated heterocycles. The Labute approximate surface area is 230 Å². The van der Waals surface area contributed by atoms with Gasteiger partial charge in [-0.05, 0) is 52.2 Å². The zero-order chi connectivity index (χ0) is 28.4. The molecule has 210 valence electrons. The number of amides is 5. The lowest BCUT2D eigenvalue weighted by molar-refractivity contribution is -0.136. The second kappa shape index (κ2) is 13.9. The van der Waals surface area contributed by atoms with E-state index in [1.807, 2.05) is 20.8 Å². The number of carbonyl (C=O) groups is 5. The number of ether oxygens (including phenoxy) is 1. The van der Waals surface area contributed by atoms with Crippen LogP contribution in [0.2, 0.25) is 0 Å². The second-order valence-corrected chi connectivity index (χ2v) is 11.0. The molecular formula is C30H39N3O6. The number of unbranched alkanes of at least 4 members (excludes halogenated alkanes) is 8. The highest BCUT2D eigenvalue weighted by Gasteiger charge is 2.45. The Morgan fingerprint density at radius 2 is 1.67 bits per heavy atom. The molecule has 1 atom stereocenters. The number of hydrogen-bond acceptors (Lipinski definition) is 6. The van der Waals surface area contributed by atoms with Gasteiger partial charge in [0.2, 0.25) is 11.8 Å². The van der Waals surface area contributed by atoms with Gasteiger partial charge in [0.15, 0.2) is 0 Å². The van der Waals surface area contributed by atoms with Gasteiger partial charge >= 0.3 is 6.09 Å². The number of nitrogens with zero attached hydrogens (tertiary/aromatic N) is 1. The first-order chi connectivity index (χ1) is 18.6. The molecule has 2 N–H and O–H groups in total. The Kier molecular flexibility index (Phi) is 10.7. The van der Waals surface area contributed by atoms with E-state index in [1.165, 1.54) is 0 Å². The molecule has 1 unspecified atom stereocenters. The number of imide groups is 2. The number of benzene rings is 1. The molecule has 0 aliphatic carbocycles. The van der Waals surface area contributed by atoms with Crippen LogP contribution in [0.4, 0.5) is 4.79 Å². The monoisotopic (exact) mass is 537 g/mol. The smallest absolute Gasteiger partial charge is 0.407 e. The standard InChI is InChI=1S/C30H39N3O6/c1-30(2,3)39-29(38)31-20-13-11-9-7-5-4-6-8-10-12-15-21-16-14-17-22-25(21)28(37)33(27(22)36)23-18-19-24(34)32-26(23)35/h14,16-17,23H,4-11,13,18-20H2,1-3H3,(H,31,38)(H,32,34,35). The number of rotatable bonds is 11. The van der Waals surface area contributed by atoms with E-state index >= 15 is 0 Å². The number of nitrogens with one attached hydrogen (secondary N) is 2. The van der Waals surface area contributed by atoms with Gasteiger partial charge in [-0.1, -0.05) is 56.4 Å². The topological polar surface area (TPSA) is 122 Å². The van der Waals surface area contributed by atoms with E-state index in [9.17, 15) is 24.0 Å². The van der Waals surface area contributed by atoms with Crippen LogP contribution >= 0.6 is 0 Å². The molecule has 1 fully saturated rings. The van der Waals surface area contributed by atoms with Crippen molar-refractivity contribution in [3.8, 4) is 11.8 Å². The maximum Gasteiger partial charge on any atom is 0.407 e. The summed E-state index contributed by atoms with van der Waals surface area (Å²) in [6, 6.07) is 4.00. The average Bonchev–Trinajstić information content (AvgIpc) is 3.11. The van der Waals surface area contributed by atoms with Gasteiger partial charge in [-0.3, -0.25) is 29.4 Å². The fraction of sp³-hybridized carbons (Fsp3) is 0.567. The van der Waals surface area contributed by atoms with Crippen LogP contribution in [0.1, 0.15) is 118 Å². The summed E-state index contributed by atoms with van der Waals surface area (Å²) in [6.07, 6.45) is 9.17. The molecular weight excluding hydrogens is 498 g/mol. The van der Waals surface area contributed by atoms with E-state index in [1.54, 1.807) is 18.2 Å². The first-order valence-corrected chi connectivity index (χ1v) is 13.9. The van der Waals surface area contributed by atoms with Gasteiger partial charge in [-0.15, -0.1) is 0 Å². The summed E-state index contributed by atoms with van der Waals surface area (Å²) in [5, 5.41) is 4.99. The van der Waals surface area contributed by atoms with Gasteiger partial charge in [-0.2, -0.15) is 0 Å². The van der Waals surface area contributed by atoms with Crippen LogP contribution in [0.3, 0.4) is 0 Å². The lowest BCUT2D eigenvalue weighted by Crippen LogP contribution is -2.54. The predicted molar refractivity (Wildman–Crippen MR) is 146 cm³/mol. The number of hydrogen-bond donors (Lipinski definition) is 2. The van der Waals surface area contributed by atoms with Gasteiger partial charge in [0, 0.05) is 24.9 Å². The van der Waals surface area contributed by atoms with Crippen LogP contribution in [-0.2, 0) is 14.3 Å². The van der Waals surface area contributed by atoms with Crippen LogP contribution in [0.5, 0.6) is 0 Å². The van der Waals surface area contributed by atoms with E-state index in [0.717, 1.165) is 56.3 Å². The molecule has 1 aromatic carbocycles. The molecule has 0 saturated carbocycles. The number of piperidine rings is 1. The van der Waals surface area contributed by atoms with Crippen molar-refractivity contribution in [2.24, 2.45) is 0 Å². The number of fused-ring (bicyclic) bond motifs is 1. The molecule has 2 aliphatic rings. The molecule has 2 heterocycles. The van der Waals surface area contributed by atoms with E-state index in [4.69, 9.17) is 4.74 Å². The molecule has 0 aromatic heterocycles. The molecule has 9 nitrogen and oxygen atoms in total. The van der Waals surface area contributed by atoms with Gasteiger partial charge < -0.3 is 10.1 Å². The second-order valence-electron chi connectivity index (χ2n) is 11.0. The fourth-order valence-corrected chi connectivity index (χ4v) is 4.68. The Hall–Kier alpha value is -3.67. The Balaban J connectivity index is 1.34. The predicted octanol–water partition coefficient (Wildman–Crippen LogP) is 4.47. The van der Waals surface area contributed by atoms with Crippen molar-refractivity contribution in [1.82, 2.24) is 15.5 Å². The van der Waals surface area contributed by atoms with Crippen molar-refractivity contribution in [2.45, 2.75) is 103 Å². The number of carbonyl (C=O) groups excluding carboxylic acids is 5. The Morgan fingerprint density at radius 1 is 1.00 bits per heavy atom. The van der Waals surface area contributed by atoms with Crippen LogP contribution in [-0.4, -0.2) is 52.8 Å². The molecule has 3 rings (SSSR count). The van der Waals surface area contributed by atoms with Crippen LogP contribution < -0.4 is 10.6 Å². The summed E-state index contributed by atoms with van der Waals surface area (Å²) in [6.45, 7) is 6.17. The minimum Gasteiger partial charge on any atom is -0.444 e. The third kappa shape index (κ3) is 8.67. The molecule has 5 amide bonds. The van der Waals surface area contributed by atoms with E-state index in [2.05, 4.69) is 22.5 Å². The fourth-order valence-electron chi connectivity index (χ4n) is 4.68. The van der Waals surface area contributed by atoms with Gasteiger partial charge in [0.1, 0.15) is 11.6 Å². The Bertz CT molecular complexity index is 1160. The van der Waals surface area contributed by atoms with E-state index < -0.39 is 35.3 Å². The minimum absolute atomic E-state index is 0.0871. The van der Waals surface area contributed by atoms with Gasteiger partial charge in [-0.25, -0.2) is 4.79 Å². The molecule has 2 aliphatic heterocycles. The third-order valence-corrected chi connectivity index (χ3v) is 6.59. The summed E-state index contributed by atoms with van der Waals surface area (Å²) in [7, 11) is 0. The first-order valence-electron chi connectivity index (χ1n) is 13.9. The van der Waals surface area contributed by atoms with Crippen molar-refractivity contribution in [3.05, 3.63) is 34.9 Å². The molecule has 1 aromatic rings. The molecule has 0 bridgehead atoms. The first kappa shape index (κ1) is 29.9. The molecule has 0 radical (unpaired) electrons. The van der Waals surface area contributed by atoms with Crippen LogP contribution in [0, 0.1) is 11.8 Å². The van der Waals surface area contributed by atoms with Crippen molar-refractivity contribution in [2.75, 3.05) is 6.54 Å². The third-order valence-electron chi connectivity index (χ3n) is 6.59. The largest absolute Gasteiger partial charge is 0.444 e. The normalized spacial score (nSPS) is 16.9. The lowest BCUT2D eigenvalue weighted by atomic mass is 10.0. The molecule has 9 heteroatoms. The van der Waals surface area contributed by atoms with Gasteiger partial charge in [0.05, 0.1) is 11.1 Å². The SMILES string of the molecule is CC(C)(C)OC(=O)NCCCCCCCCCCC#Cc1cccc2c1C(=O)N(C1CCC(=O)NC1=O)C2=O.